The number of H-pyrrole nitrogens is 1. The van der Waals surface area contributed by atoms with Crippen molar-refractivity contribution in [2.45, 2.75) is 6.92 Å². The van der Waals surface area contributed by atoms with E-state index in [0.29, 0.717) is 21.7 Å². The molecule has 20 heavy (non-hydrogen) atoms. The number of carbonyl (C=O) groups is 1. The largest absolute Gasteiger partial charge is 0.359 e. The molecule has 0 radical (unpaired) electrons. The van der Waals surface area contributed by atoms with Crippen LogP contribution in [0.2, 0.25) is 5.02 Å². The minimum Gasteiger partial charge on any atom is -0.359 e. The molecule has 0 saturated heterocycles. The van der Waals surface area contributed by atoms with E-state index in [4.69, 9.17) is 11.6 Å². The van der Waals surface area contributed by atoms with Crippen LogP contribution in [0.5, 0.6) is 0 Å². The Hall–Kier alpha value is -2.13. The molecule has 4 heteroatoms. The van der Waals surface area contributed by atoms with Crippen LogP contribution in [-0.2, 0) is 0 Å². The van der Waals surface area contributed by atoms with E-state index in [1.165, 1.54) is 12.1 Å². The Bertz CT molecular complexity index is 822. The van der Waals surface area contributed by atoms with Crippen LogP contribution in [0.25, 0.3) is 10.9 Å². The lowest BCUT2D eigenvalue weighted by Crippen LogP contribution is -2.01. The van der Waals surface area contributed by atoms with Crippen LogP contribution in [0.3, 0.4) is 0 Å². The minimum absolute atomic E-state index is 0.151. The first kappa shape index (κ1) is 12.9. The Kier molecular flexibility index (Phi) is 3.07. The van der Waals surface area contributed by atoms with Gasteiger partial charge in [0.05, 0.1) is 10.5 Å². The number of ketones is 1. The van der Waals surface area contributed by atoms with Gasteiger partial charge >= 0.3 is 0 Å². The Balaban J connectivity index is 2.13. The van der Waals surface area contributed by atoms with Gasteiger partial charge in [-0.15, -0.1) is 0 Å². The molecule has 0 aliphatic rings. The predicted molar refractivity (Wildman–Crippen MR) is 77.9 cm³/mol. The van der Waals surface area contributed by atoms with Gasteiger partial charge in [0.25, 0.3) is 0 Å². The van der Waals surface area contributed by atoms with Crippen LogP contribution in [0.15, 0.2) is 42.6 Å². The summed E-state index contributed by atoms with van der Waals surface area (Å²) in [6, 6.07) is 9.75. The van der Waals surface area contributed by atoms with E-state index in [2.05, 4.69) is 4.98 Å². The summed E-state index contributed by atoms with van der Waals surface area (Å²) in [5, 5.41) is 1.33. The van der Waals surface area contributed by atoms with E-state index in [1.807, 2.05) is 6.07 Å². The van der Waals surface area contributed by atoms with E-state index >= 15 is 0 Å². The molecule has 3 aromatic rings. The number of para-hydroxylation sites is 1. The molecule has 0 fully saturated rings. The van der Waals surface area contributed by atoms with Gasteiger partial charge in [-0.1, -0.05) is 23.7 Å². The van der Waals surface area contributed by atoms with Crippen molar-refractivity contribution < 1.29 is 9.18 Å². The predicted octanol–water partition coefficient (Wildman–Crippen LogP) is 4.50. The van der Waals surface area contributed by atoms with Crippen LogP contribution < -0.4 is 0 Å². The molecule has 1 aromatic heterocycles. The molecule has 0 amide bonds. The summed E-state index contributed by atoms with van der Waals surface area (Å²) in [5.74, 6) is -0.467. The number of hydrogen-bond donors (Lipinski definition) is 1. The van der Waals surface area contributed by atoms with Crippen LogP contribution in [0, 0.1) is 12.7 Å². The molecule has 1 N–H and O–H groups in total. The SMILES string of the molecule is Cc1cc(C(=O)c2c[nH]c3c(Cl)cccc23)ccc1F. The Morgan fingerprint density at radius 3 is 2.80 bits per heavy atom. The second kappa shape index (κ2) is 4.76. The maximum absolute atomic E-state index is 13.3. The fourth-order valence-corrected chi connectivity index (χ4v) is 2.48. The zero-order valence-electron chi connectivity index (χ0n) is 10.7. The molecular weight excluding hydrogens is 277 g/mol. The smallest absolute Gasteiger partial charge is 0.195 e. The molecule has 0 unspecified atom stereocenters. The van der Waals surface area contributed by atoms with E-state index < -0.39 is 0 Å². The second-order valence-electron chi connectivity index (χ2n) is 4.66. The van der Waals surface area contributed by atoms with Crippen molar-refractivity contribution >= 4 is 28.3 Å². The molecule has 0 saturated carbocycles. The third-order valence-corrected chi connectivity index (χ3v) is 3.64. The molecule has 2 aromatic carbocycles. The first-order valence-corrected chi connectivity index (χ1v) is 6.52. The van der Waals surface area contributed by atoms with Gasteiger partial charge < -0.3 is 4.98 Å². The summed E-state index contributed by atoms with van der Waals surface area (Å²) in [6.07, 6.45) is 1.64. The lowest BCUT2D eigenvalue weighted by atomic mass is 10.0. The lowest BCUT2D eigenvalue weighted by molar-refractivity contribution is 0.104. The molecule has 0 bridgehead atoms. The standard InChI is InChI=1S/C16H11ClFNO/c1-9-7-10(5-6-14(9)18)16(20)12-8-19-15-11(12)3-2-4-13(15)17/h2-8,19H,1H3. The van der Waals surface area contributed by atoms with Crippen molar-refractivity contribution in [1.29, 1.82) is 0 Å². The van der Waals surface area contributed by atoms with E-state index in [1.54, 1.807) is 31.3 Å². The summed E-state index contributed by atoms with van der Waals surface area (Å²) >= 11 is 6.07. The quantitative estimate of drug-likeness (QED) is 0.692. The Morgan fingerprint density at radius 2 is 2.05 bits per heavy atom. The van der Waals surface area contributed by atoms with Crippen molar-refractivity contribution in [2.24, 2.45) is 0 Å². The average molecular weight is 288 g/mol. The number of aromatic nitrogens is 1. The van der Waals surface area contributed by atoms with Crippen molar-refractivity contribution in [3.05, 3.63) is 70.1 Å². The normalized spacial score (nSPS) is 10.9. The number of hydrogen-bond acceptors (Lipinski definition) is 1. The highest BCUT2D eigenvalue weighted by Gasteiger charge is 2.16. The highest BCUT2D eigenvalue weighted by Crippen LogP contribution is 2.27. The number of benzene rings is 2. The second-order valence-corrected chi connectivity index (χ2v) is 5.07. The number of nitrogens with one attached hydrogen (secondary N) is 1. The fourth-order valence-electron chi connectivity index (χ4n) is 2.25. The number of rotatable bonds is 2. The van der Waals surface area contributed by atoms with Gasteiger partial charge in [0.2, 0.25) is 0 Å². The average Bonchev–Trinajstić information content (AvgIpc) is 2.86. The third-order valence-electron chi connectivity index (χ3n) is 3.33. The molecule has 2 nitrogen and oxygen atoms in total. The van der Waals surface area contributed by atoms with Gasteiger partial charge in [0, 0.05) is 22.7 Å². The number of aromatic amines is 1. The summed E-state index contributed by atoms with van der Waals surface area (Å²) in [4.78, 5) is 15.5. The number of carbonyl (C=O) groups excluding carboxylic acids is 1. The number of halogens is 2. The Labute approximate surface area is 120 Å². The third kappa shape index (κ3) is 2.00. The first-order valence-electron chi connectivity index (χ1n) is 6.14. The molecular formula is C16H11ClFNO. The maximum atomic E-state index is 13.3. The van der Waals surface area contributed by atoms with E-state index in [0.717, 1.165) is 10.9 Å². The van der Waals surface area contributed by atoms with Gasteiger partial charge in [-0.05, 0) is 36.8 Å². The number of aryl methyl sites for hydroxylation is 1. The van der Waals surface area contributed by atoms with Gasteiger partial charge in [-0.2, -0.15) is 0 Å². The van der Waals surface area contributed by atoms with Gasteiger partial charge in [0.1, 0.15) is 5.82 Å². The summed E-state index contributed by atoms with van der Waals surface area (Å²) < 4.78 is 13.3. The fraction of sp³-hybridized carbons (Fsp3) is 0.0625. The van der Waals surface area contributed by atoms with Crippen molar-refractivity contribution in [3.8, 4) is 0 Å². The molecule has 1 heterocycles. The molecule has 0 atom stereocenters. The van der Waals surface area contributed by atoms with E-state index in [-0.39, 0.29) is 11.6 Å². The molecule has 0 spiro atoms. The van der Waals surface area contributed by atoms with Crippen LogP contribution in [0.4, 0.5) is 4.39 Å². The van der Waals surface area contributed by atoms with Gasteiger partial charge in [-0.3, -0.25) is 4.79 Å². The lowest BCUT2D eigenvalue weighted by Gasteiger charge is -2.02. The zero-order valence-corrected chi connectivity index (χ0v) is 11.5. The van der Waals surface area contributed by atoms with Crippen LogP contribution >= 0.6 is 11.6 Å². The molecule has 3 rings (SSSR count). The van der Waals surface area contributed by atoms with Gasteiger partial charge in [-0.25, -0.2) is 4.39 Å². The Morgan fingerprint density at radius 1 is 1.25 bits per heavy atom. The summed E-state index contributed by atoms with van der Waals surface area (Å²) in [7, 11) is 0. The molecule has 100 valence electrons. The van der Waals surface area contributed by atoms with E-state index in [9.17, 15) is 9.18 Å². The molecule has 0 aliphatic carbocycles. The highest BCUT2D eigenvalue weighted by atomic mass is 35.5. The van der Waals surface area contributed by atoms with Crippen molar-refractivity contribution in [3.63, 3.8) is 0 Å². The zero-order chi connectivity index (χ0) is 14.3. The van der Waals surface area contributed by atoms with Gasteiger partial charge in [0.15, 0.2) is 5.78 Å². The van der Waals surface area contributed by atoms with Crippen molar-refractivity contribution in [2.75, 3.05) is 0 Å². The summed E-state index contributed by atoms with van der Waals surface area (Å²) in [5.41, 5.74) is 2.18. The maximum Gasteiger partial charge on any atom is 0.195 e. The van der Waals surface area contributed by atoms with Crippen molar-refractivity contribution in [1.82, 2.24) is 4.98 Å². The molecule has 0 aliphatic heterocycles. The highest BCUT2D eigenvalue weighted by molar-refractivity contribution is 6.35. The van der Waals surface area contributed by atoms with Crippen LogP contribution in [-0.4, -0.2) is 10.8 Å². The minimum atomic E-state index is -0.316. The van der Waals surface area contributed by atoms with Crippen LogP contribution in [0.1, 0.15) is 21.5 Å². The monoisotopic (exact) mass is 287 g/mol. The summed E-state index contributed by atoms with van der Waals surface area (Å²) in [6.45, 7) is 1.64. The first-order chi connectivity index (χ1) is 9.58. The number of fused-ring (bicyclic) bond motifs is 1. The topological polar surface area (TPSA) is 32.9 Å².